The van der Waals surface area contributed by atoms with Gasteiger partial charge in [0.1, 0.15) is 0 Å². The van der Waals surface area contributed by atoms with Crippen LogP contribution in [0, 0.1) is 0 Å². The Morgan fingerprint density at radius 3 is 2.59 bits per heavy atom. The molecule has 5 heteroatoms. The first-order valence-electron chi connectivity index (χ1n) is 10.3. The summed E-state index contributed by atoms with van der Waals surface area (Å²) in [6.07, 6.45) is 6.22. The number of benzene rings is 2. The Labute approximate surface area is 172 Å². The lowest BCUT2D eigenvalue weighted by Crippen LogP contribution is -2.46. The summed E-state index contributed by atoms with van der Waals surface area (Å²) >= 11 is 0. The molecule has 4 rings (SSSR count). The minimum atomic E-state index is -0.0203. The Balaban J connectivity index is 1.66. The summed E-state index contributed by atoms with van der Waals surface area (Å²) in [7, 11) is 0. The van der Waals surface area contributed by atoms with E-state index in [0.29, 0.717) is 6.54 Å². The van der Waals surface area contributed by atoms with E-state index in [9.17, 15) is 9.59 Å². The van der Waals surface area contributed by atoms with Gasteiger partial charge in [0.2, 0.25) is 5.91 Å². The second-order valence-electron chi connectivity index (χ2n) is 7.67. The molecule has 2 aromatic carbocycles. The van der Waals surface area contributed by atoms with Crippen molar-refractivity contribution in [3.05, 3.63) is 65.7 Å². The van der Waals surface area contributed by atoms with Gasteiger partial charge in [-0.05, 0) is 61.7 Å². The summed E-state index contributed by atoms with van der Waals surface area (Å²) < 4.78 is 0. The number of rotatable bonds is 4. The van der Waals surface area contributed by atoms with Crippen molar-refractivity contribution in [2.75, 3.05) is 29.4 Å². The standard InChI is InChI=1S/C24H27N3O2/c1-18(28)26-16-13-20-8-9-22(17-23(20)26)27(21-11-14-25-15-12-21)24(29)10-7-19-5-3-2-4-6-19/h2-10,17,21,25H,11-16H2,1H3. The summed E-state index contributed by atoms with van der Waals surface area (Å²) in [5.74, 6) is 0.0256. The van der Waals surface area contributed by atoms with Gasteiger partial charge in [0.25, 0.3) is 5.91 Å². The molecule has 2 aromatic rings. The maximum Gasteiger partial charge on any atom is 0.251 e. The molecular formula is C24H27N3O2. The van der Waals surface area contributed by atoms with E-state index in [1.807, 2.05) is 58.3 Å². The number of nitrogens with one attached hydrogen (secondary N) is 1. The maximum atomic E-state index is 13.3. The molecular weight excluding hydrogens is 362 g/mol. The monoisotopic (exact) mass is 389 g/mol. The Morgan fingerprint density at radius 2 is 1.86 bits per heavy atom. The van der Waals surface area contributed by atoms with Gasteiger partial charge in [0, 0.05) is 37.0 Å². The molecule has 1 saturated heterocycles. The van der Waals surface area contributed by atoms with Crippen molar-refractivity contribution in [1.29, 1.82) is 0 Å². The van der Waals surface area contributed by atoms with Crippen molar-refractivity contribution < 1.29 is 9.59 Å². The van der Waals surface area contributed by atoms with Crippen LogP contribution in [0.15, 0.2) is 54.6 Å². The fourth-order valence-corrected chi connectivity index (χ4v) is 4.24. The number of piperidine rings is 1. The van der Waals surface area contributed by atoms with Crippen molar-refractivity contribution in [2.45, 2.75) is 32.2 Å². The van der Waals surface area contributed by atoms with Crippen molar-refractivity contribution in [2.24, 2.45) is 0 Å². The Kier molecular flexibility index (Phi) is 5.76. The van der Waals surface area contributed by atoms with Gasteiger partial charge in [-0.25, -0.2) is 0 Å². The summed E-state index contributed by atoms with van der Waals surface area (Å²) in [5, 5.41) is 3.37. The van der Waals surface area contributed by atoms with Crippen molar-refractivity contribution >= 4 is 29.3 Å². The smallest absolute Gasteiger partial charge is 0.251 e. The first-order chi connectivity index (χ1) is 14.1. The number of hydrogen-bond donors (Lipinski definition) is 1. The molecule has 0 atom stereocenters. The van der Waals surface area contributed by atoms with E-state index in [1.54, 1.807) is 13.0 Å². The molecule has 2 aliphatic heterocycles. The number of carbonyl (C=O) groups excluding carboxylic acids is 2. The molecule has 29 heavy (non-hydrogen) atoms. The lowest BCUT2D eigenvalue weighted by Gasteiger charge is -2.34. The fourth-order valence-electron chi connectivity index (χ4n) is 4.24. The third-order valence-electron chi connectivity index (χ3n) is 5.75. The van der Waals surface area contributed by atoms with Crippen molar-refractivity contribution in [1.82, 2.24) is 5.32 Å². The van der Waals surface area contributed by atoms with Crippen LogP contribution in [0.4, 0.5) is 11.4 Å². The molecule has 1 fully saturated rings. The molecule has 0 spiro atoms. The van der Waals surface area contributed by atoms with E-state index >= 15 is 0 Å². The highest BCUT2D eigenvalue weighted by molar-refractivity contribution is 6.05. The van der Waals surface area contributed by atoms with Gasteiger partial charge in [-0.3, -0.25) is 9.59 Å². The molecule has 2 amide bonds. The summed E-state index contributed by atoms with van der Waals surface area (Å²) in [5.41, 5.74) is 3.98. The third kappa shape index (κ3) is 4.25. The molecule has 2 heterocycles. The zero-order valence-corrected chi connectivity index (χ0v) is 16.8. The predicted octanol–water partition coefficient (Wildman–Crippen LogP) is 3.39. The fraction of sp³-hybridized carbons (Fsp3) is 0.333. The number of nitrogens with zero attached hydrogens (tertiary/aromatic N) is 2. The van der Waals surface area contributed by atoms with Crippen LogP contribution in [-0.2, 0) is 16.0 Å². The average Bonchev–Trinajstić information content (AvgIpc) is 3.18. The molecule has 0 bridgehead atoms. The molecule has 0 aliphatic carbocycles. The minimum absolute atomic E-state index is 0.0203. The predicted molar refractivity (Wildman–Crippen MR) is 117 cm³/mol. The molecule has 2 aliphatic rings. The molecule has 5 nitrogen and oxygen atoms in total. The van der Waals surface area contributed by atoms with Crippen molar-refractivity contribution in [3.8, 4) is 0 Å². The second-order valence-corrected chi connectivity index (χ2v) is 7.67. The van der Waals surface area contributed by atoms with E-state index in [0.717, 1.165) is 49.3 Å². The minimum Gasteiger partial charge on any atom is -0.317 e. The van der Waals surface area contributed by atoms with Crippen LogP contribution in [0.1, 0.15) is 30.9 Å². The third-order valence-corrected chi connectivity index (χ3v) is 5.75. The van der Waals surface area contributed by atoms with Gasteiger partial charge >= 0.3 is 0 Å². The Bertz CT molecular complexity index is 917. The van der Waals surface area contributed by atoms with E-state index in [1.165, 1.54) is 5.56 Å². The number of anilines is 2. The normalized spacial score (nSPS) is 16.8. The lowest BCUT2D eigenvalue weighted by molar-refractivity contribution is -0.116. The van der Waals surface area contributed by atoms with Gasteiger partial charge < -0.3 is 15.1 Å². The topological polar surface area (TPSA) is 52.7 Å². The highest BCUT2D eigenvalue weighted by atomic mass is 16.2. The lowest BCUT2D eigenvalue weighted by atomic mass is 10.0. The van der Waals surface area contributed by atoms with Crippen LogP contribution in [0.3, 0.4) is 0 Å². The summed E-state index contributed by atoms with van der Waals surface area (Å²) in [4.78, 5) is 29.0. The van der Waals surface area contributed by atoms with E-state index < -0.39 is 0 Å². The van der Waals surface area contributed by atoms with Crippen LogP contribution in [0.5, 0.6) is 0 Å². The number of fused-ring (bicyclic) bond motifs is 1. The molecule has 0 saturated carbocycles. The number of amides is 2. The van der Waals surface area contributed by atoms with Gasteiger partial charge in [-0.2, -0.15) is 0 Å². The molecule has 0 aromatic heterocycles. The molecule has 0 radical (unpaired) electrons. The van der Waals surface area contributed by atoms with Crippen LogP contribution in [0.2, 0.25) is 0 Å². The Hall–Kier alpha value is -2.92. The first-order valence-corrected chi connectivity index (χ1v) is 10.3. The van der Waals surface area contributed by atoms with Crippen LogP contribution in [0.25, 0.3) is 6.08 Å². The Morgan fingerprint density at radius 1 is 1.10 bits per heavy atom. The highest BCUT2D eigenvalue weighted by Crippen LogP contribution is 2.34. The SMILES string of the molecule is CC(=O)N1CCc2ccc(N(C(=O)C=Cc3ccccc3)C3CCNCC3)cc21. The van der Waals surface area contributed by atoms with E-state index in [4.69, 9.17) is 0 Å². The summed E-state index contributed by atoms with van der Waals surface area (Å²) in [6.45, 7) is 4.12. The molecule has 0 unspecified atom stereocenters. The zero-order valence-electron chi connectivity index (χ0n) is 16.8. The quantitative estimate of drug-likeness (QED) is 0.816. The van der Waals surface area contributed by atoms with Crippen LogP contribution in [-0.4, -0.2) is 37.5 Å². The van der Waals surface area contributed by atoms with Gasteiger partial charge in [0.15, 0.2) is 0 Å². The average molecular weight is 389 g/mol. The van der Waals surface area contributed by atoms with Gasteiger partial charge in [-0.15, -0.1) is 0 Å². The highest BCUT2D eigenvalue weighted by Gasteiger charge is 2.28. The van der Waals surface area contributed by atoms with Crippen LogP contribution < -0.4 is 15.1 Å². The van der Waals surface area contributed by atoms with Gasteiger partial charge in [0.05, 0.1) is 0 Å². The zero-order chi connectivity index (χ0) is 20.2. The van der Waals surface area contributed by atoms with Crippen molar-refractivity contribution in [3.63, 3.8) is 0 Å². The largest absolute Gasteiger partial charge is 0.317 e. The molecule has 1 N–H and O–H groups in total. The second kappa shape index (κ2) is 8.62. The number of hydrogen-bond acceptors (Lipinski definition) is 3. The molecule has 150 valence electrons. The van der Waals surface area contributed by atoms with E-state index in [-0.39, 0.29) is 17.9 Å². The van der Waals surface area contributed by atoms with Gasteiger partial charge in [-0.1, -0.05) is 36.4 Å². The maximum absolute atomic E-state index is 13.3. The van der Waals surface area contributed by atoms with Crippen LogP contribution >= 0.6 is 0 Å². The number of carbonyl (C=O) groups is 2. The first kappa shape index (κ1) is 19.4. The summed E-state index contributed by atoms with van der Waals surface area (Å²) in [6, 6.07) is 16.1. The van der Waals surface area contributed by atoms with E-state index in [2.05, 4.69) is 11.4 Å².